The fraction of sp³-hybridized carbons (Fsp3) is 0.444. The Hall–Kier alpha value is -2.38. The van der Waals surface area contributed by atoms with Crippen LogP contribution in [0.25, 0.3) is 10.9 Å². The molecule has 7 nitrogen and oxygen atoms in total. The summed E-state index contributed by atoms with van der Waals surface area (Å²) in [6, 6.07) is 8.62. The van der Waals surface area contributed by atoms with E-state index in [0.29, 0.717) is 19.7 Å². The Kier molecular flexibility index (Phi) is 4.42. The summed E-state index contributed by atoms with van der Waals surface area (Å²) in [6.07, 6.45) is 2.76. The third-order valence-electron chi connectivity index (χ3n) is 4.82. The molecular formula is C18H23N5O2. The molecule has 0 saturated heterocycles. The zero-order chi connectivity index (χ0) is 17.2. The second-order valence-electron chi connectivity index (χ2n) is 6.49. The molecule has 0 unspecified atom stereocenters. The van der Waals surface area contributed by atoms with Crippen LogP contribution in [0.4, 0.5) is 0 Å². The van der Waals surface area contributed by atoms with Gasteiger partial charge >= 0.3 is 5.69 Å². The Morgan fingerprint density at radius 3 is 3.04 bits per heavy atom. The van der Waals surface area contributed by atoms with Gasteiger partial charge in [0.15, 0.2) is 0 Å². The highest BCUT2D eigenvalue weighted by molar-refractivity contribution is 5.79. The summed E-state index contributed by atoms with van der Waals surface area (Å²) in [6.45, 7) is 4.36. The summed E-state index contributed by atoms with van der Waals surface area (Å²) < 4.78 is 8.38. The van der Waals surface area contributed by atoms with Crippen molar-refractivity contribution in [1.82, 2.24) is 24.2 Å². The first-order chi connectivity index (χ1) is 12.2. The van der Waals surface area contributed by atoms with Crippen molar-refractivity contribution in [2.45, 2.75) is 26.1 Å². The van der Waals surface area contributed by atoms with Crippen LogP contribution in [0.2, 0.25) is 0 Å². The second-order valence-corrected chi connectivity index (χ2v) is 6.49. The number of rotatable bonds is 5. The summed E-state index contributed by atoms with van der Waals surface area (Å²) in [4.78, 5) is 18.1. The molecule has 0 atom stereocenters. The van der Waals surface area contributed by atoms with E-state index in [-0.39, 0.29) is 5.69 Å². The van der Waals surface area contributed by atoms with Crippen molar-refractivity contribution in [1.29, 1.82) is 0 Å². The molecular weight excluding hydrogens is 318 g/mol. The number of fused-ring (bicyclic) bond motifs is 2. The van der Waals surface area contributed by atoms with Crippen LogP contribution in [0, 0.1) is 0 Å². The minimum absolute atomic E-state index is 0.0253. The van der Waals surface area contributed by atoms with Crippen LogP contribution < -0.4 is 5.69 Å². The topological polar surface area (TPSA) is 68.1 Å². The number of methoxy groups -OCH3 is 1. The zero-order valence-electron chi connectivity index (χ0n) is 14.4. The number of benzene rings is 1. The van der Waals surface area contributed by atoms with Gasteiger partial charge in [-0.05, 0) is 29.1 Å². The summed E-state index contributed by atoms with van der Waals surface area (Å²) in [5, 5.41) is 5.72. The van der Waals surface area contributed by atoms with Gasteiger partial charge in [-0.2, -0.15) is 5.10 Å². The maximum atomic E-state index is 12.4. The van der Waals surface area contributed by atoms with Crippen molar-refractivity contribution < 1.29 is 4.74 Å². The number of H-pyrrole nitrogens is 1. The number of hydrogen-bond donors (Lipinski definition) is 1. The van der Waals surface area contributed by atoms with Gasteiger partial charge in [0, 0.05) is 51.4 Å². The van der Waals surface area contributed by atoms with E-state index in [1.54, 1.807) is 7.11 Å². The molecule has 4 rings (SSSR count). The molecule has 1 aromatic carbocycles. The molecule has 0 bridgehead atoms. The molecule has 0 radical (unpaired) electrons. The lowest BCUT2D eigenvalue weighted by Gasteiger charge is -2.19. The third-order valence-corrected chi connectivity index (χ3v) is 4.82. The molecule has 0 aliphatic carbocycles. The lowest BCUT2D eigenvalue weighted by Crippen LogP contribution is -2.31. The van der Waals surface area contributed by atoms with E-state index < -0.39 is 0 Å². The smallest absolute Gasteiger partial charge is 0.346 e. The van der Waals surface area contributed by atoms with Crippen molar-refractivity contribution in [3.05, 3.63) is 52.3 Å². The van der Waals surface area contributed by atoms with E-state index in [1.807, 2.05) is 10.8 Å². The molecule has 0 amide bonds. The maximum absolute atomic E-state index is 12.4. The van der Waals surface area contributed by atoms with E-state index in [9.17, 15) is 4.79 Å². The van der Waals surface area contributed by atoms with E-state index in [1.165, 1.54) is 15.6 Å². The van der Waals surface area contributed by atoms with E-state index >= 15 is 0 Å². The predicted octanol–water partition coefficient (Wildman–Crippen LogP) is 1.23. The maximum Gasteiger partial charge on any atom is 0.346 e. The number of aromatic nitrogens is 4. The molecule has 132 valence electrons. The fourth-order valence-corrected chi connectivity index (χ4v) is 3.45. The van der Waals surface area contributed by atoms with Gasteiger partial charge in [0.25, 0.3) is 0 Å². The van der Waals surface area contributed by atoms with Crippen LogP contribution in [0.3, 0.4) is 0 Å². The van der Waals surface area contributed by atoms with Crippen molar-refractivity contribution in [2.75, 3.05) is 26.8 Å². The van der Waals surface area contributed by atoms with Crippen molar-refractivity contribution in [3.8, 4) is 0 Å². The highest BCUT2D eigenvalue weighted by Gasteiger charge is 2.19. The van der Waals surface area contributed by atoms with E-state index in [2.05, 4.69) is 39.2 Å². The van der Waals surface area contributed by atoms with Crippen molar-refractivity contribution in [2.24, 2.45) is 0 Å². The molecule has 7 heteroatoms. The Morgan fingerprint density at radius 1 is 1.24 bits per heavy atom. The number of nitrogens with zero attached hydrogens (tertiary/aromatic N) is 4. The minimum Gasteiger partial charge on any atom is -0.383 e. The first-order valence-corrected chi connectivity index (χ1v) is 8.68. The monoisotopic (exact) mass is 341 g/mol. The Labute approximate surface area is 145 Å². The highest BCUT2D eigenvalue weighted by atomic mass is 16.5. The summed E-state index contributed by atoms with van der Waals surface area (Å²) >= 11 is 0. The van der Waals surface area contributed by atoms with Gasteiger partial charge in [-0.25, -0.2) is 9.48 Å². The largest absolute Gasteiger partial charge is 0.383 e. The van der Waals surface area contributed by atoms with E-state index in [0.717, 1.165) is 37.4 Å². The number of hydrogen-bond acceptors (Lipinski definition) is 4. The highest BCUT2D eigenvalue weighted by Crippen LogP contribution is 2.16. The van der Waals surface area contributed by atoms with Gasteiger partial charge in [-0.3, -0.25) is 9.47 Å². The van der Waals surface area contributed by atoms with Gasteiger partial charge in [0.2, 0.25) is 0 Å². The standard InChI is InChI=1S/C18H23N5O2/c1-25-11-10-23-18(24)22-9-8-21(7-5-17(22)20-23)13-14-2-3-16-15(12-14)4-6-19-16/h2-4,6,12,19H,5,7-11,13H2,1H3. The minimum atomic E-state index is -0.0253. The van der Waals surface area contributed by atoms with Crippen LogP contribution in [-0.2, 0) is 30.8 Å². The molecule has 25 heavy (non-hydrogen) atoms. The molecule has 1 aliphatic heterocycles. The first-order valence-electron chi connectivity index (χ1n) is 8.68. The zero-order valence-corrected chi connectivity index (χ0v) is 14.4. The van der Waals surface area contributed by atoms with Crippen LogP contribution in [0.5, 0.6) is 0 Å². The third kappa shape index (κ3) is 3.25. The molecule has 0 fully saturated rings. The van der Waals surface area contributed by atoms with Crippen LogP contribution in [-0.4, -0.2) is 51.0 Å². The predicted molar refractivity (Wildman–Crippen MR) is 95.6 cm³/mol. The summed E-state index contributed by atoms with van der Waals surface area (Å²) in [7, 11) is 1.63. The number of nitrogens with one attached hydrogen (secondary N) is 1. The molecule has 3 aromatic rings. The number of aromatic amines is 1. The number of ether oxygens (including phenoxy) is 1. The lowest BCUT2D eigenvalue weighted by atomic mass is 10.1. The Balaban J connectivity index is 1.45. The van der Waals surface area contributed by atoms with Crippen LogP contribution >= 0.6 is 0 Å². The van der Waals surface area contributed by atoms with Crippen LogP contribution in [0.1, 0.15) is 11.4 Å². The molecule has 0 spiro atoms. The average molecular weight is 341 g/mol. The summed E-state index contributed by atoms with van der Waals surface area (Å²) in [5.74, 6) is 0.879. The first kappa shape index (κ1) is 16.1. The lowest BCUT2D eigenvalue weighted by molar-refractivity contribution is 0.181. The summed E-state index contributed by atoms with van der Waals surface area (Å²) in [5.41, 5.74) is 2.43. The Bertz CT molecular complexity index is 923. The Morgan fingerprint density at radius 2 is 2.16 bits per heavy atom. The molecule has 1 aliphatic rings. The van der Waals surface area contributed by atoms with Crippen LogP contribution in [0.15, 0.2) is 35.3 Å². The quantitative estimate of drug-likeness (QED) is 0.758. The molecule has 2 aromatic heterocycles. The fourth-order valence-electron chi connectivity index (χ4n) is 3.45. The average Bonchev–Trinajstić information content (AvgIpc) is 3.14. The van der Waals surface area contributed by atoms with Gasteiger partial charge < -0.3 is 9.72 Å². The molecule has 0 saturated carbocycles. The van der Waals surface area contributed by atoms with Crippen molar-refractivity contribution in [3.63, 3.8) is 0 Å². The van der Waals surface area contributed by atoms with Crippen molar-refractivity contribution >= 4 is 10.9 Å². The SMILES string of the molecule is COCCn1nc2n(c1=O)CCN(Cc1ccc3[nH]ccc3c1)CC2. The van der Waals surface area contributed by atoms with Gasteiger partial charge in [-0.15, -0.1) is 0 Å². The van der Waals surface area contributed by atoms with E-state index in [4.69, 9.17) is 4.74 Å². The van der Waals surface area contributed by atoms with Gasteiger partial charge in [0.05, 0.1) is 13.2 Å². The van der Waals surface area contributed by atoms with Gasteiger partial charge in [-0.1, -0.05) is 6.07 Å². The second kappa shape index (κ2) is 6.85. The molecule has 3 heterocycles. The normalized spacial score (nSPS) is 15.4. The van der Waals surface area contributed by atoms with Gasteiger partial charge in [0.1, 0.15) is 5.82 Å². The molecule has 1 N–H and O–H groups in total.